The Balaban J connectivity index is 1.80. The highest BCUT2D eigenvalue weighted by Gasteiger charge is 2.34. The number of nitrogens with zero attached hydrogens (tertiary/aromatic N) is 1. The number of rotatable bonds is 4. The monoisotopic (exact) mass is 301 g/mol. The molecule has 1 saturated carbocycles. The average Bonchev–Trinajstić information content (AvgIpc) is 2.83. The first-order valence-corrected chi connectivity index (χ1v) is 6.37. The first-order chi connectivity index (χ1) is 6.75. The van der Waals surface area contributed by atoms with E-state index in [0.29, 0.717) is 0 Å². The summed E-state index contributed by atoms with van der Waals surface area (Å²) in [5, 5.41) is 0. The van der Waals surface area contributed by atoms with Crippen LogP contribution < -0.4 is 0 Å². The maximum Gasteiger partial charge on any atom is 0.0230 e. The molecule has 1 fully saturated rings. The summed E-state index contributed by atoms with van der Waals surface area (Å²) < 4.78 is 0.936. The maximum atomic E-state index is 2.55. The van der Waals surface area contributed by atoms with E-state index in [1.54, 1.807) is 0 Å². The summed E-state index contributed by atoms with van der Waals surface area (Å²) in [7, 11) is 2.22. The lowest BCUT2D eigenvalue weighted by atomic mass is 10.2. The van der Waals surface area contributed by atoms with Gasteiger partial charge in [-0.25, -0.2) is 0 Å². The van der Waals surface area contributed by atoms with E-state index in [1.807, 2.05) is 0 Å². The Labute approximate surface area is 99.6 Å². The molecular weight excluding hydrogens is 285 g/mol. The molecule has 0 bridgehead atoms. The van der Waals surface area contributed by atoms with Crippen LogP contribution in [0.2, 0.25) is 0 Å². The minimum absolute atomic E-state index is 0.936. The van der Waals surface area contributed by atoms with Gasteiger partial charge in [-0.2, -0.15) is 0 Å². The topological polar surface area (TPSA) is 3.24 Å². The predicted octanol–water partition coefficient (Wildman–Crippen LogP) is 2.94. The highest BCUT2D eigenvalue weighted by Crippen LogP contribution is 2.38. The summed E-state index contributed by atoms with van der Waals surface area (Å²) in [5.41, 5.74) is 1.42. The zero-order chi connectivity index (χ0) is 9.97. The van der Waals surface area contributed by atoms with Crippen LogP contribution in [-0.4, -0.2) is 22.4 Å². The van der Waals surface area contributed by atoms with Crippen molar-refractivity contribution in [3.63, 3.8) is 0 Å². The lowest BCUT2D eigenvalue weighted by Crippen LogP contribution is -2.20. The van der Waals surface area contributed by atoms with Crippen molar-refractivity contribution in [2.75, 3.05) is 13.6 Å². The van der Waals surface area contributed by atoms with E-state index >= 15 is 0 Å². The van der Waals surface area contributed by atoms with Crippen LogP contribution >= 0.6 is 22.6 Å². The maximum absolute atomic E-state index is 2.55. The molecule has 0 aromatic heterocycles. The number of alkyl halides is 1. The molecule has 0 N–H and O–H groups in total. The van der Waals surface area contributed by atoms with E-state index < -0.39 is 0 Å². The van der Waals surface area contributed by atoms with Gasteiger partial charge in [0.2, 0.25) is 0 Å². The standard InChI is InChI=1S/C12H16IN/c1-14(9-11-7-12(11)13)8-10-5-3-2-4-6-10/h2-6,11-12H,7-9H2,1H3/t11-,12+/m0/s1. The minimum Gasteiger partial charge on any atom is -0.302 e. The number of benzene rings is 1. The molecule has 1 aromatic rings. The molecule has 0 amide bonds. The fraction of sp³-hybridized carbons (Fsp3) is 0.500. The smallest absolute Gasteiger partial charge is 0.0230 e. The first-order valence-electron chi connectivity index (χ1n) is 5.12. The van der Waals surface area contributed by atoms with Crippen molar-refractivity contribution >= 4 is 22.6 Å². The van der Waals surface area contributed by atoms with Crippen LogP contribution in [0.5, 0.6) is 0 Å². The van der Waals surface area contributed by atoms with Crippen LogP contribution in [0.4, 0.5) is 0 Å². The molecule has 14 heavy (non-hydrogen) atoms. The van der Waals surface area contributed by atoms with E-state index in [1.165, 1.54) is 18.5 Å². The molecule has 0 aliphatic heterocycles. The quantitative estimate of drug-likeness (QED) is 0.610. The highest BCUT2D eigenvalue weighted by molar-refractivity contribution is 14.1. The molecule has 2 rings (SSSR count). The molecule has 1 aromatic carbocycles. The van der Waals surface area contributed by atoms with Crippen molar-refractivity contribution in [1.29, 1.82) is 0 Å². The van der Waals surface area contributed by atoms with Gasteiger partial charge in [0.05, 0.1) is 0 Å². The van der Waals surface area contributed by atoms with Crippen molar-refractivity contribution in [3.05, 3.63) is 35.9 Å². The van der Waals surface area contributed by atoms with Gasteiger partial charge in [-0.05, 0) is 24.9 Å². The summed E-state index contributed by atoms with van der Waals surface area (Å²) in [5.74, 6) is 0.948. The molecule has 76 valence electrons. The third kappa shape index (κ3) is 2.95. The van der Waals surface area contributed by atoms with Gasteiger partial charge in [-0.15, -0.1) is 0 Å². The molecule has 0 saturated heterocycles. The number of hydrogen-bond acceptors (Lipinski definition) is 1. The van der Waals surface area contributed by atoms with Crippen molar-refractivity contribution < 1.29 is 0 Å². The van der Waals surface area contributed by atoms with Gasteiger partial charge in [0, 0.05) is 17.0 Å². The molecule has 0 heterocycles. The van der Waals surface area contributed by atoms with Crippen LogP contribution in [-0.2, 0) is 6.54 Å². The summed E-state index contributed by atoms with van der Waals surface area (Å²) in [4.78, 5) is 2.43. The van der Waals surface area contributed by atoms with E-state index in [0.717, 1.165) is 16.4 Å². The predicted molar refractivity (Wildman–Crippen MR) is 68.7 cm³/mol. The van der Waals surface area contributed by atoms with Crippen molar-refractivity contribution in [1.82, 2.24) is 4.90 Å². The second-order valence-electron chi connectivity index (χ2n) is 4.19. The Kier molecular flexibility index (Phi) is 3.44. The molecular formula is C12H16IN. The molecule has 2 atom stereocenters. The van der Waals surface area contributed by atoms with Gasteiger partial charge in [-0.1, -0.05) is 52.9 Å². The second kappa shape index (κ2) is 4.62. The minimum atomic E-state index is 0.936. The summed E-state index contributed by atoms with van der Waals surface area (Å²) in [6.45, 7) is 2.34. The second-order valence-corrected chi connectivity index (χ2v) is 5.79. The largest absolute Gasteiger partial charge is 0.302 e. The van der Waals surface area contributed by atoms with Gasteiger partial charge in [-0.3, -0.25) is 0 Å². The Morgan fingerprint density at radius 2 is 2.00 bits per heavy atom. The van der Waals surface area contributed by atoms with E-state index in [9.17, 15) is 0 Å². The molecule has 2 heteroatoms. The first kappa shape index (κ1) is 10.4. The van der Waals surface area contributed by atoms with Gasteiger partial charge >= 0.3 is 0 Å². The number of halogens is 1. The van der Waals surface area contributed by atoms with Crippen molar-refractivity contribution in [3.8, 4) is 0 Å². The van der Waals surface area contributed by atoms with Crippen LogP contribution in [0.1, 0.15) is 12.0 Å². The van der Waals surface area contributed by atoms with Crippen LogP contribution in [0.15, 0.2) is 30.3 Å². The molecule has 1 nitrogen and oxygen atoms in total. The Bertz CT molecular complexity index is 286. The highest BCUT2D eigenvalue weighted by atomic mass is 127. The third-order valence-corrected chi connectivity index (χ3v) is 4.20. The summed E-state index contributed by atoms with van der Waals surface area (Å²) >= 11 is 2.55. The van der Waals surface area contributed by atoms with Gasteiger partial charge in [0.15, 0.2) is 0 Å². The molecule has 1 aliphatic carbocycles. The SMILES string of the molecule is CN(Cc1ccccc1)C[C@@H]1C[C@H]1I. The number of hydrogen-bond donors (Lipinski definition) is 0. The lowest BCUT2D eigenvalue weighted by Gasteiger charge is -2.16. The van der Waals surface area contributed by atoms with Gasteiger partial charge < -0.3 is 4.90 Å². The van der Waals surface area contributed by atoms with Gasteiger partial charge in [0.1, 0.15) is 0 Å². The van der Waals surface area contributed by atoms with E-state index in [-0.39, 0.29) is 0 Å². The summed E-state index contributed by atoms with van der Waals surface area (Å²) in [6.07, 6.45) is 1.42. The fourth-order valence-corrected chi connectivity index (χ4v) is 2.64. The zero-order valence-corrected chi connectivity index (χ0v) is 10.6. The zero-order valence-electron chi connectivity index (χ0n) is 8.49. The van der Waals surface area contributed by atoms with Crippen LogP contribution in [0, 0.1) is 5.92 Å². The molecule has 1 aliphatic rings. The average molecular weight is 301 g/mol. The third-order valence-electron chi connectivity index (χ3n) is 2.68. The van der Waals surface area contributed by atoms with Crippen molar-refractivity contribution in [2.45, 2.75) is 16.9 Å². The molecule has 0 unspecified atom stereocenters. The van der Waals surface area contributed by atoms with Crippen LogP contribution in [0.25, 0.3) is 0 Å². The lowest BCUT2D eigenvalue weighted by molar-refractivity contribution is 0.314. The van der Waals surface area contributed by atoms with Crippen LogP contribution in [0.3, 0.4) is 0 Å². The normalized spacial score (nSPS) is 25.4. The summed E-state index contributed by atoms with van der Waals surface area (Å²) in [6, 6.07) is 10.7. The van der Waals surface area contributed by atoms with Gasteiger partial charge in [0.25, 0.3) is 0 Å². The Hall–Kier alpha value is -0.0900. The molecule has 0 radical (unpaired) electrons. The Morgan fingerprint density at radius 3 is 2.57 bits per heavy atom. The van der Waals surface area contributed by atoms with E-state index in [2.05, 4.69) is 64.9 Å². The fourth-order valence-electron chi connectivity index (χ4n) is 1.76. The van der Waals surface area contributed by atoms with E-state index in [4.69, 9.17) is 0 Å². The van der Waals surface area contributed by atoms with Crippen molar-refractivity contribution in [2.24, 2.45) is 5.92 Å². The molecule has 0 spiro atoms. The Morgan fingerprint density at radius 1 is 1.36 bits per heavy atom.